The number of nitrogens with zero attached hydrogens (tertiary/aromatic N) is 1. The molecule has 2 aromatic carbocycles. The molecule has 1 N–H and O–H groups in total. The van der Waals surface area contributed by atoms with Gasteiger partial charge in [0.15, 0.2) is 0 Å². The van der Waals surface area contributed by atoms with Crippen LogP contribution in [-0.4, -0.2) is 50.9 Å². The van der Waals surface area contributed by atoms with Gasteiger partial charge in [-0.3, -0.25) is 4.90 Å². The fourth-order valence-electron chi connectivity index (χ4n) is 3.35. The minimum atomic E-state index is -4.39. The molecule has 1 unspecified atom stereocenters. The zero-order valence-corrected chi connectivity index (χ0v) is 16.5. The zero-order chi connectivity index (χ0) is 20.7. The van der Waals surface area contributed by atoms with Gasteiger partial charge in [0.05, 0.1) is 24.8 Å². The molecule has 29 heavy (non-hydrogen) atoms. The topological polar surface area (TPSA) is 33.7 Å². The van der Waals surface area contributed by atoms with Crippen molar-refractivity contribution in [3.05, 3.63) is 65.2 Å². The van der Waals surface area contributed by atoms with Crippen LogP contribution < -0.4 is 10.1 Å². The van der Waals surface area contributed by atoms with Crippen LogP contribution in [0.3, 0.4) is 0 Å². The van der Waals surface area contributed by atoms with E-state index in [2.05, 4.69) is 10.2 Å². The molecule has 0 radical (unpaired) electrons. The first-order chi connectivity index (χ1) is 13.9. The van der Waals surface area contributed by atoms with Gasteiger partial charge in [-0.1, -0.05) is 30.3 Å². The van der Waals surface area contributed by atoms with Gasteiger partial charge < -0.3 is 14.8 Å². The van der Waals surface area contributed by atoms with Crippen LogP contribution in [0, 0.1) is 6.92 Å². The van der Waals surface area contributed by atoms with E-state index in [1.165, 1.54) is 0 Å². The van der Waals surface area contributed by atoms with E-state index >= 15 is 0 Å². The van der Waals surface area contributed by atoms with Gasteiger partial charge in [-0.05, 0) is 36.2 Å². The van der Waals surface area contributed by atoms with Crippen LogP contribution in [-0.2, 0) is 10.9 Å². The molecule has 0 aromatic heterocycles. The second-order valence-corrected chi connectivity index (χ2v) is 7.21. The number of aryl methyl sites for hydroxylation is 1. The molecule has 0 aliphatic carbocycles. The van der Waals surface area contributed by atoms with Crippen LogP contribution in [0.5, 0.6) is 5.75 Å². The number of ether oxygens (including phenoxy) is 2. The molecule has 1 heterocycles. The largest absolute Gasteiger partial charge is 0.492 e. The highest BCUT2D eigenvalue weighted by Crippen LogP contribution is 2.32. The third-order valence-corrected chi connectivity index (χ3v) is 4.92. The molecule has 1 aliphatic heterocycles. The Morgan fingerprint density at radius 3 is 2.52 bits per heavy atom. The monoisotopic (exact) mass is 408 g/mol. The summed E-state index contributed by atoms with van der Waals surface area (Å²) in [7, 11) is 0. The summed E-state index contributed by atoms with van der Waals surface area (Å²) in [4.78, 5) is 2.33. The van der Waals surface area contributed by atoms with Gasteiger partial charge >= 0.3 is 6.18 Å². The maximum Gasteiger partial charge on any atom is 0.416 e. The van der Waals surface area contributed by atoms with Gasteiger partial charge in [0.1, 0.15) is 12.4 Å². The predicted molar refractivity (Wildman–Crippen MR) is 106 cm³/mol. The Hall–Kier alpha value is -2.09. The highest BCUT2D eigenvalue weighted by molar-refractivity contribution is 5.35. The lowest BCUT2D eigenvalue weighted by atomic mass is 10.1. The van der Waals surface area contributed by atoms with Crippen LogP contribution >= 0.6 is 0 Å². The van der Waals surface area contributed by atoms with Gasteiger partial charge in [-0.2, -0.15) is 13.2 Å². The molecular formula is C22H27F3N2O2. The number of benzene rings is 2. The molecule has 158 valence electrons. The van der Waals surface area contributed by atoms with Crippen molar-refractivity contribution >= 4 is 0 Å². The van der Waals surface area contributed by atoms with Crippen molar-refractivity contribution in [2.45, 2.75) is 19.1 Å². The fraction of sp³-hybridized carbons (Fsp3) is 0.455. The Labute approximate surface area is 169 Å². The van der Waals surface area contributed by atoms with Crippen LogP contribution in [0.15, 0.2) is 48.5 Å². The van der Waals surface area contributed by atoms with E-state index in [0.717, 1.165) is 57.1 Å². The normalized spacial score (nSPS) is 16.6. The van der Waals surface area contributed by atoms with Crippen LogP contribution in [0.1, 0.15) is 22.7 Å². The van der Waals surface area contributed by atoms with Gasteiger partial charge in [0.2, 0.25) is 0 Å². The van der Waals surface area contributed by atoms with E-state index in [1.807, 2.05) is 30.3 Å². The number of hydrogen-bond acceptors (Lipinski definition) is 4. The number of nitrogens with one attached hydrogen (secondary N) is 1. The first-order valence-electron chi connectivity index (χ1n) is 9.82. The van der Waals surface area contributed by atoms with Crippen molar-refractivity contribution in [1.29, 1.82) is 0 Å². The number of hydrogen-bond donors (Lipinski definition) is 1. The van der Waals surface area contributed by atoms with E-state index < -0.39 is 11.7 Å². The standard InChI is InChI=1S/C22H27F3N2O2/c1-17-13-19(22(23,24)25)15-20(14-17)29-16-21(18-5-3-2-4-6-18)26-7-8-27-9-11-28-12-10-27/h2-6,13-15,21,26H,7-12,16H2,1H3. The Balaban J connectivity index is 1.63. The average molecular weight is 408 g/mol. The summed E-state index contributed by atoms with van der Waals surface area (Å²) >= 11 is 0. The first-order valence-corrected chi connectivity index (χ1v) is 9.82. The molecule has 1 fully saturated rings. The summed E-state index contributed by atoms with van der Waals surface area (Å²) in [5, 5.41) is 3.48. The Morgan fingerprint density at radius 1 is 1.10 bits per heavy atom. The first kappa shape index (κ1) is 21.6. The summed E-state index contributed by atoms with van der Waals surface area (Å²) in [5.41, 5.74) is 0.869. The minimum Gasteiger partial charge on any atom is -0.492 e. The number of alkyl halides is 3. The van der Waals surface area contributed by atoms with Crippen molar-refractivity contribution in [3.63, 3.8) is 0 Å². The number of morpholine rings is 1. The van der Waals surface area contributed by atoms with Crippen LogP contribution in [0.4, 0.5) is 13.2 Å². The van der Waals surface area contributed by atoms with Crippen molar-refractivity contribution in [3.8, 4) is 5.75 Å². The molecule has 1 saturated heterocycles. The number of halogens is 3. The van der Waals surface area contributed by atoms with E-state index in [-0.39, 0.29) is 18.4 Å². The average Bonchev–Trinajstić information content (AvgIpc) is 2.71. The second kappa shape index (κ2) is 10.1. The summed E-state index contributed by atoms with van der Waals surface area (Å²) in [6.07, 6.45) is -4.39. The van der Waals surface area contributed by atoms with Gasteiger partial charge in [-0.25, -0.2) is 0 Å². The Bertz CT molecular complexity index is 762. The van der Waals surface area contributed by atoms with Crippen molar-refractivity contribution in [2.75, 3.05) is 46.0 Å². The molecule has 1 atom stereocenters. The lowest BCUT2D eigenvalue weighted by Gasteiger charge is -2.28. The SMILES string of the molecule is Cc1cc(OCC(NCCN2CCOCC2)c2ccccc2)cc(C(F)(F)F)c1. The maximum atomic E-state index is 13.1. The molecule has 0 spiro atoms. The summed E-state index contributed by atoms with van der Waals surface area (Å²) in [6.45, 7) is 6.85. The van der Waals surface area contributed by atoms with E-state index in [9.17, 15) is 13.2 Å². The molecular weight excluding hydrogens is 381 g/mol. The molecule has 0 saturated carbocycles. The second-order valence-electron chi connectivity index (χ2n) is 7.21. The highest BCUT2D eigenvalue weighted by atomic mass is 19.4. The molecule has 0 amide bonds. The van der Waals surface area contributed by atoms with Crippen LogP contribution in [0.2, 0.25) is 0 Å². The maximum absolute atomic E-state index is 13.1. The van der Waals surface area contributed by atoms with E-state index in [0.29, 0.717) is 5.56 Å². The molecule has 0 bridgehead atoms. The molecule has 7 heteroatoms. The lowest BCUT2D eigenvalue weighted by molar-refractivity contribution is -0.137. The number of rotatable bonds is 8. The highest BCUT2D eigenvalue weighted by Gasteiger charge is 2.31. The third-order valence-electron chi connectivity index (χ3n) is 4.92. The molecule has 3 rings (SSSR count). The third kappa shape index (κ3) is 6.73. The molecule has 2 aromatic rings. The minimum absolute atomic E-state index is 0.118. The van der Waals surface area contributed by atoms with E-state index in [1.54, 1.807) is 13.0 Å². The molecule has 1 aliphatic rings. The van der Waals surface area contributed by atoms with Gasteiger partial charge in [0, 0.05) is 26.2 Å². The smallest absolute Gasteiger partial charge is 0.416 e. The summed E-state index contributed by atoms with van der Waals surface area (Å²) in [6, 6.07) is 13.5. The van der Waals surface area contributed by atoms with Crippen LogP contribution in [0.25, 0.3) is 0 Å². The van der Waals surface area contributed by atoms with Crippen molar-refractivity contribution in [2.24, 2.45) is 0 Å². The molecule has 4 nitrogen and oxygen atoms in total. The quantitative estimate of drug-likeness (QED) is 0.715. The van der Waals surface area contributed by atoms with E-state index in [4.69, 9.17) is 9.47 Å². The Kier molecular flexibility index (Phi) is 7.52. The zero-order valence-electron chi connectivity index (χ0n) is 16.5. The summed E-state index contributed by atoms with van der Waals surface area (Å²) in [5.74, 6) is 0.230. The summed E-state index contributed by atoms with van der Waals surface area (Å²) < 4.78 is 50.4. The van der Waals surface area contributed by atoms with Crippen molar-refractivity contribution in [1.82, 2.24) is 10.2 Å². The van der Waals surface area contributed by atoms with Gasteiger partial charge in [0.25, 0.3) is 0 Å². The van der Waals surface area contributed by atoms with Crippen molar-refractivity contribution < 1.29 is 22.6 Å². The predicted octanol–water partition coefficient (Wildman–Crippen LogP) is 4.06. The van der Waals surface area contributed by atoms with Gasteiger partial charge in [-0.15, -0.1) is 0 Å². The fourth-order valence-corrected chi connectivity index (χ4v) is 3.35. The lowest BCUT2D eigenvalue weighted by Crippen LogP contribution is -2.41. The Morgan fingerprint density at radius 2 is 1.83 bits per heavy atom.